The van der Waals surface area contributed by atoms with Crippen molar-refractivity contribution in [1.82, 2.24) is 15.2 Å². The average Bonchev–Trinajstić information content (AvgIpc) is 2.46. The minimum Gasteiger partial charge on any atom is -0.493 e. The summed E-state index contributed by atoms with van der Waals surface area (Å²) in [6.07, 6.45) is 3.11. The third-order valence-electron chi connectivity index (χ3n) is 2.44. The zero-order valence-electron chi connectivity index (χ0n) is 10.1. The molecule has 1 heterocycles. The number of hydrogen-bond acceptors (Lipinski definition) is 6. The third kappa shape index (κ3) is 2.38. The van der Waals surface area contributed by atoms with E-state index in [-0.39, 0.29) is 0 Å². The number of ether oxygens (including phenoxy) is 2. The molecule has 0 N–H and O–H groups in total. The van der Waals surface area contributed by atoms with Gasteiger partial charge in [-0.2, -0.15) is 17.7 Å². The number of thiol groups is 1. The number of aromatic nitrogens is 3. The second-order valence-corrected chi connectivity index (χ2v) is 3.82. The molecule has 5 nitrogen and oxygen atoms in total. The Bertz CT molecular complexity index is 534. The summed E-state index contributed by atoms with van der Waals surface area (Å²) in [5.74, 6) is 2.31. The van der Waals surface area contributed by atoms with E-state index < -0.39 is 0 Å². The van der Waals surface area contributed by atoms with Crippen molar-refractivity contribution < 1.29 is 9.47 Å². The Morgan fingerprint density at radius 3 is 2.56 bits per heavy atom. The fourth-order valence-electron chi connectivity index (χ4n) is 1.65. The fraction of sp³-hybridized carbons (Fsp3) is 0.250. The van der Waals surface area contributed by atoms with E-state index in [1.807, 2.05) is 12.1 Å². The molecule has 0 unspecified atom stereocenters. The summed E-state index contributed by atoms with van der Waals surface area (Å²) in [5, 5.41) is 7.81. The lowest BCUT2D eigenvalue weighted by molar-refractivity contribution is 0.355. The van der Waals surface area contributed by atoms with Crippen molar-refractivity contribution in [3.63, 3.8) is 0 Å². The van der Waals surface area contributed by atoms with Gasteiger partial charge in [-0.15, -0.1) is 5.10 Å². The number of benzene rings is 1. The van der Waals surface area contributed by atoms with E-state index in [1.165, 1.54) is 6.20 Å². The van der Waals surface area contributed by atoms with Crippen LogP contribution in [0.5, 0.6) is 11.5 Å². The summed E-state index contributed by atoms with van der Waals surface area (Å²) in [7, 11) is 3.17. The van der Waals surface area contributed by atoms with E-state index in [2.05, 4.69) is 27.8 Å². The van der Waals surface area contributed by atoms with E-state index >= 15 is 0 Å². The van der Waals surface area contributed by atoms with Gasteiger partial charge in [-0.05, 0) is 17.7 Å². The lowest BCUT2D eigenvalue weighted by Gasteiger charge is -2.13. The Labute approximate surface area is 111 Å². The summed E-state index contributed by atoms with van der Waals surface area (Å²) in [6, 6.07) is 3.80. The number of rotatable bonds is 4. The molecule has 18 heavy (non-hydrogen) atoms. The maximum absolute atomic E-state index is 5.36. The summed E-state index contributed by atoms with van der Waals surface area (Å²) in [6.45, 7) is 0. The molecule has 0 aliphatic carbocycles. The van der Waals surface area contributed by atoms with Crippen LogP contribution in [0.15, 0.2) is 24.5 Å². The number of nitrogens with zero attached hydrogens (tertiary/aromatic N) is 3. The van der Waals surface area contributed by atoms with Crippen LogP contribution in [0.3, 0.4) is 0 Å². The first-order valence-electron chi connectivity index (χ1n) is 5.30. The van der Waals surface area contributed by atoms with Crippen LogP contribution >= 0.6 is 12.6 Å². The first kappa shape index (κ1) is 12.6. The zero-order chi connectivity index (χ0) is 13.0. The van der Waals surface area contributed by atoms with Gasteiger partial charge < -0.3 is 9.47 Å². The highest BCUT2D eigenvalue weighted by Gasteiger charge is 2.15. The molecule has 0 amide bonds. The summed E-state index contributed by atoms with van der Waals surface area (Å²) < 4.78 is 10.7. The molecule has 0 radical (unpaired) electrons. The Kier molecular flexibility index (Phi) is 3.99. The molecule has 1 aromatic carbocycles. The van der Waals surface area contributed by atoms with Crippen LogP contribution in [0.1, 0.15) is 5.56 Å². The lowest BCUT2D eigenvalue weighted by Crippen LogP contribution is -1.98. The van der Waals surface area contributed by atoms with Crippen molar-refractivity contribution in [1.29, 1.82) is 0 Å². The first-order valence-corrected chi connectivity index (χ1v) is 5.93. The molecule has 1 aromatic heterocycles. The summed E-state index contributed by atoms with van der Waals surface area (Å²) in [4.78, 5) is 4.17. The van der Waals surface area contributed by atoms with E-state index in [9.17, 15) is 0 Å². The van der Waals surface area contributed by atoms with Gasteiger partial charge in [0.05, 0.1) is 26.0 Å². The van der Waals surface area contributed by atoms with Crippen molar-refractivity contribution in [2.75, 3.05) is 14.2 Å². The highest BCUT2D eigenvalue weighted by Crippen LogP contribution is 2.37. The third-order valence-corrected chi connectivity index (χ3v) is 2.81. The predicted molar refractivity (Wildman–Crippen MR) is 71.1 cm³/mol. The maximum Gasteiger partial charge on any atom is 0.185 e. The standard InChI is InChI=1S/C12H13N3O2S/c1-16-10-6-8(7-18)5-9(11(10)17-2)12-13-3-4-14-15-12/h3-6,18H,7H2,1-2H3. The Morgan fingerprint density at radius 2 is 2.00 bits per heavy atom. The second kappa shape index (κ2) is 5.68. The Balaban J connectivity index is 2.64. The fourth-order valence-corrected chi connectivity index (χ4v) is 1.83. The smallest absolute Gasteiger partial charge is 0.185 e. The quantitative estimate of drug-likeness (QED) is 0.855. The monoisotopic (exact) mass is 263 g/mol. The van der Waals surface area contributed by atoms with Crippen molar-refractivity contribution in [2.24, 2.45) is 0 Å². The molecular formula is C12H13N3O2S. The molecule has 2 aromatic rings. The van der Waals surface area contributed by atoms with Gasteiger partial charge in [-0.3, -0.25) is 0 Å². The van der Waals surface area contributed by atoms with E-state index in [4.69, 9.17) is 9.47 Å². The molecule has 0 saturated carbocycles. The number of hydrogen-bond donors (Lipinski definition) is 1. The van der Waals surface area contributed by atoms with E-state index in [0.717, 1.165) is 11.1 Å². The topological polar surface area (TPSA) is 57.1 Å². The summed E-state index contributed by atoms with van der Waals surface area (Å²) in [5.41, 5.74) is 1.74. The SMILES string of the molecule is COc1cc(CS)cc(-c2nccnn2)c1OC. The van der Waals surface area contributed by atoms with Crippen LogP contribution in [-0.4, -0.2) is 29.4 Å². The van der Waals surface area contributed by atoms with Crippen LogP contribution in [0.2, 0.25) is 0 Å². The zero-order valence-corrected chi connectivity index (χ0v) is 11.0. The molecule has 94 valence electrons. The minimum absolute atomic E-state index is 0.497. The molecule has 0 bridgehead atoms. The van der Waals surface area contributed by atoms with E-state index in [1.54, 1.807) is 20.4 Å². The molecule has 2 rings (SSSR count). The minimum atomic E-state index is 0.497. The average molecular weight is 263 g/mol. The second-order valence-electron chi connectivity index (χ2n) is 3.50. The maximum atomic E-state index is 5.36. The molecule has 0 fully saturated rings. The molecular weight excluding hydrogens is 250 g/mol. The molecule has 0 aliphatic rings. The predicted octanol–water partition coefficient (Wildman–Crippen LogP) is 1.99. The molecule has 0 saturated heterocycles. The van der Waals surface area contributed by atoms with Crippen LogP contribution in [-0.2, 0) is 5.75 Å². The van der Waals surface area contributed by atoms with E-state index in [0.29, 0.717) is 23.1 Å². The van der Waals surface area contributed by atoms with Gasteiger partial charge in [-0.25, -0.2) is 4.98 Å². The van der Waals surface area contributed by atoms with Crippen LogP contribution < -0.4 is 9.47 Å². The van der Waals surface area contributed by atoms with Gasteiger partial charge in [-0.1, -0.05) is 0 Å². The summed E-state index contributed by atoms with van der Waals surface area (Å²) >= 11 is 4.27. The lowest BCUT2D eigenvalue weighted by atomic mass is 10.1. The van der Waals surface area contributed by atoms with Gasteiger partial charge in [0.15, 0.2) is 17.3 Å². The number of methoxy groups -OCH3 is 2. The molecule has 0 spiro atoms. The normalized spacial score (nSPS) is 10.2. The van der Waals surface area contributed by atoms with Gasteiger partial charge in [0, 0.05) is 11.9 Å². The Morgan fingerprint density at radius 1 is 1.17 bits per heavy atom. The first-order chi connectivity index (χ1) is 8.80. The van der Waals surface area contributed by atoms with Crippen LogP contribution in [0.25, 0.3) is 11.4 Å². The highest BCUT2D eigenvalue weighted by molar-refractivity contribution is 7.79. The van der Waals surface area contributed by atoms with Gasteiger partial charge in [0.25, 0.3) is 0 Å². The molecule has 6 heteroatoms. The molecule has 0 atom stereocenters. The van der Waals surface area contributed by atoms with Crippen LogP contribution in [0, 0.1) is 0 Å². The van der Waals surface area contributed by atoms with Gasteiger partial charge >= 0.3 is 0 Å². The van der Waals surface area contributed by atoms with Crippen molar-refractivity contribution >= 4 is 12.6 Å². The van der Waals surface area contributed by atoms with Gasteiger partial charge in [0.1, 0.15) is 0 Å². The largest absolute Gasteiger partial charge is 0.493 e. The highest BCUT2D eigenvalue weighted by atomic mass is 32.1. The van der Waals surface area contributed by atoms with Crippen molar-refractivity contribution in [3.05, 3.63) is 30.1 Å². The molecule has 0 aliphatic heterocycles. The van der Waals surface area contributed by atoms with Crippen molar-refractivity contribution in [2.45, 2.75) is 5.75 Å². The van der Waals surface area contributed by atoms with Crippen LogP contribution in [0.4, 0.5) is 0 Å². The Hall–Kier alpha value is -1.82. The van der Waals surface area contributed by atoms with Gasteiger partial charge in [0.2, 0.25) is 0 Å². The van der Waals surface area contributed by atoms with Crippen molar-refractivity contribution in [3.8, 4) is 22.9 Å².